The molecule has 0 unspecified atom stereocenters. The number of hydrogen-bond acceptors (Lipinski definition) is 5. The second-order valence-corrected chi connectivity index (χ2v) is 4.45. The average molecular weight is 321 g/mol. The Bertz CT molecular complexity index is 879. The van der Waals surface area contributed by atoms with E-state index in [9.17, 15) is 18.4 Å². The maximum absolute atomic E-state index is 13.4. The molecule has 1 aromatic carbocycles. The van der Waals surface area contributed by atoms with Gasteiger partial charge in [-0.15, -0.1) is 5.10 Å². The van der Waals surface area contributed by atoms with Crippen LogP contribution in [0.25, 0.3) is 11.7 Å². The minimum Gasteiger partial charge on any atom is -0.459 e. The fourth-order valence-electron chi connectivity index (χ4n) is 1.84. The summed E-state index contributed by atoms with van der Waals surface area (Å²) in [5, 5.41) is 5.82. The predicted octanol–water partition coefficient (Wildman–Crippen LogP) is 2.01. The lowest BCUT2D eigenvalue weighted by atomic mass is 10.3. The minimum atomic E-state index is -0.929. The number of benzene rings is 1. The SMILES string of the molecule is O=C(Cn1nc(-c2ccco2)oc1=O)Nc1c(F)cccc1F. The Kier molecular flexibility index (Phi) is 3.75. The molecule has 7 nitrogen and oxygen atoms in total. The van der Waals surface area contributed by atoms with Gasteiger partial charge in [0.1, 0.15) is 23.9 Å². The molecule has 1 N–H and O–H groups in total. The maximum Gasteiger partial charge on any atom is 0.437 e. The first-order valence-electron chi connectivity index (χ1n) is 6.40. The molecule has 0 aliphatic heterocycles. The molecule has 9 heteroatoms. The molecule has 0 atom stereocenters. The molecule has 2 aromatic heterocycles. The van der Waals surface area contributed by atoms with Crippen molar-refractivity contribution in [1.29, 1.82) is 0 Å². The van der Waals surface area contributed by atoms with Crippen LogP contribution in [0.1, 0.15) is 0 Å². The number of nitrogens with one attached hydrogen (secondary N) is 1. The van der Waals surface area contributed by atoms with E-state index in [2.05, 4.69) is 5.10 Å². The number of furan rings is 1. The first-order valence-corrected chi connectivity index (χ1v) is 6.40. The number of hydrogen-bond donors (Lipinski definition) is 1. The highest BCUT2D eigenvalue weighted by Crippen LogP contribution is 2.18. The van der Waals surface area contributed by atoms with Crippen LogP contribution < -0.4 is 11.1 Å². The number of para-hydroxylation sites is 1. The van der Waals surface area contributed by atoms with Crippen molar-refractivity contribution in [1.82, 2.24) is 9.78 Å². The Morgan fingerprint density at radius 1 is 1.22 bits per heavy atom. The van der Waals surface area contributed by atoms with Gasteiger partial charge in [0.15, 0.2) is 5.76 Å². The van der Waals surface area contributed by atoms with Crippen molar-refractivity contribution in [3.05, 3.63) is 58.8 Å². The monoisotopic (exact) mass is 321 g/mol. The van der Waals surface area contributed by atoms with Gasteiger partial charge in [-0.1, -0.05) is 6.07 Å². The molecule has 0 saturated heterocycles. The number of nitrogens with zero attached hydrogens (tertiary/aromatic N) is 2. The Hall–Kier alpha value is -3.23. The molecule has 1 amide bonds. The number of anilines is 1. The van der Waals surface area contributed by atoms with Crippen molar-refractivity contribution in [3.8, 4) is 11.7 Å². The van der Waals surface area contributed by atoms with Gasteiger partial charge in [0.25, 0.3) is 5.89 Å². The smallest absolute Gasteiger partial charge is 0.437 e. The van der Waals surface area contributed by atoms with E-state index < -0.39 is 35.5 Å². The summed E-state index contributed by atoms with van der Waals surface area (Å²) < 4.78 is 37.5. The molecule has 0 bridgehead atoms. The summed E-state index contributed by atoms with van der Waals surface area (Å²) >= 11 is 0. The van der Waals surface area contributed by atoms with E-state index >= 15 is 0 Å². The second kappa shape index (κ2) is 5.87. The van der Waals surface area contributed by atoms with Crippen molar-refractivity contribution in [2.24, 2.45) is 0 Å². The lowest BCUT2D eigenvalue weighted by Gasteiger charge is -2.06. The Balaban J connectivity index is 1.77. The third kappa shape index (κ3) is 3.03. The van der Waals surface area contributed by atoms with Crippen molar-refractivity contribution in [3.63, 3.8) is 0 Å². The Labute approximate surface area is 127 Å². The summed E-state index contributed by atoms with van der Waals surface area (Å²) in [5.41, 5.74) is -0.597. The zero-order valence-corrected chi connectivity index (χ0v) is 11.5. The van der Waals surface area contributed by atoms with E-state index in [0.29, 0.717) is 4.68 Å². The number of halogens is 2. The zero-order valence-electron chi connectivity index (χ0n) is 11.5. The van der Waals surface area contributed by atoms with E-state index in [-0.39, 0.29) is 11.7 Å². The number of carbonyl (C=O) groups excluding carboxylic acids is 1. The molecule has 118 valence electrons. The van der Waals surface area contributed by atoms with Crippen molar-refractivity contribution in [2.75, 3.05) is 5.32 Å². The molecule has 0 spiro atoms. The summed E-state index contributed by atoms with van der Waals surface area (Å²) in [5.74, 6) is -3.49. The van der Waals surface area contributed by atoms with Gasteiger partial charge < -0.3 is 14.2 Å². The highest BCUT2D eigenvalue weighted by Gasteiger charge is 2.17. The van der Waals surface area contributed by atoms with Crippen LogP contribution in [0.4, 0.5) is 14.5 Å². The standard InChI is InChI=1S/C14H9F2N3O4/c15-8-3-1-4-9(16)12(8)17-11(20)7-19-14(21)23-13(18-19)10-5-2-6-22-10/h1-6H,7H2,(H,17,20). The van der Waals surface area contributed by atoms with Gasteiger partial charge in [-0.25, -0.2) is 13.6 Å². The summed E-state index contributed by atoms with van der Waals surface area (Å²) in [6, 6.07) is 6.25. The first-order chi connectivity index (χ1) is 11.0. The third-order valence-electron chi connectivity index (χ3n) is 2.86. The lowest BCUT2D eigenvalue weighted by molar-refractivity contribution is -0.117. The van der Waals surface area contributed by atoms with Crippen LogP contribution in [0.5, 0.6) is 0 Å². The number of carbonyl (C=O) groups is 1. The van der Waals surface area contributed by atoms with Crippen LogP contribution >= 0.6 is 0 Å². The van der Waals surface area contributed by atoms with Gasteiger partial charge in [0.2, 0.25) is 5.91 Å². The van der Waals surface area contributed by atoms with Crippen LogP contribution in [0.2, 0.25) is 0 Å². The molecule has 0 saturated carbocycles. The predicted molar refractivity (Wildman–Crippen MR) is 73.5 cm³/mol. The normalized spacial score (nSPS) is 10.7. The molecule has 0 radical (unpaired) electrons. The zero-order chi connectivity index (χ0) is 16.4. The third-order valence-corrected chi connectivity index (χ3v) is 2.86. The van der Waals surface area contributed by atoms with Gasteiger partial charge in [-0.05, 0) is 24.3 Å². The number of aromatic nitrogens is 2. The van der Waals surface area contributed by atoms with Gasteiger partial charge in [-0.3, -0.25) is 4.79 Å². The van der Waals surface area contributed by atoms with E-state index in [1.165, 1.54) is 12.3 Å². The van der Waals surface area contributed by atoms with Crippen LogP contribution in [-0.4, -0.2) is 15.7 Å². The molecule has 3 aromatic rings. The number of rotatable bonds is 4. The quantitative estimate of drug-likeness (QED) is 0.794. The molecule has 23 heavy (non-hydrogen) atoms. The van der Waals surface area contributed by atoms with E-state index in [1.54, 1.807) is 6.07 Å². The van der Waals surface area contributed by atoms with Crippen molar-refractivity contribution in [2.45, 2.75) is 6.54 Å². The van der Waals surface area contributed by atoms with Crippen molar-refractivity contribution < 1.29 is 22.4 Å². The molecule has 0 aliphatic carbocycles. The Morgan fingerprint density at radius 3 is 2.61 bits per heavy atom. The number of amides is 1. The van der Waals surface area contributed by atoms with Gasteiger partial charge >= 0.3 is 5.76 Å². The van der Waals surface area contributed by atoms with Crippen LogP contribution in [0.3, 0.4) is 0 Å². The fourth-order valence-corrected chi connectivity index (χ4v) is 1.84. The highest BCUT2D eigenvalue weighted by atomic mass is 19.1. The van der Waals surface area contributed by atoms with Gasteiger partial charge in [-0.2, -0.15) is 4.68 Å². The molecule has 3 rings (SSSR count). The molecular formula is C14H9F2N3O4. The van der Waals surface area contributed by atoms with Crippen molar-refractivity contribution >= 4 is 11.6 Å². The molecule has 0 fully saturated rings. The Morgan fingerprint density at radius 2 is 1.96 bits per heavy atom. The molecule has 0 aliphatic rings. The summed E-state index contributed by atoms with van der Waals surface area (Å²) in [6.45, 7) is -0.573. The van der Waals surface area contributed by atoms with E-state index in [1.807, 2.05) is 5.32 Å². The van der Waals surface area contributed by atoms with Crippen LogP contribution in [0, 0.1) is 11.6 Å². The summed E-state index contributed by atoms with van der Waals surface area (Å²) in [4.78, 5) is 23.4. The second-order valence-electron chi connectivity index (χ2n) is 4.45. The first kappa shape index (κ1) is 14.7. The van der Waals surface area contributed by atoms with Crippen LogP contribution in [-0.2, 0) is 11.3 Å². The topological polar surface area (TPSA) is 90.3 Å². The summed E-state index contributed by atoms with van der Waals surface area (Å²) in [7, 11) is 0. The fraction of sp³-hybridized carbons (Fsp3) is 0.0714. The van der Waals surface area contributed by atoms with Gasteiger partial charge in [0.05, 0.1) is 6.26 Å². The molecule has 2 heterocycles. The molecular weight excluding hydrogens is 312 g/mol. The van der Waals surface area contributed by atoms with E-state index in [4.69, 9.17) is 8.83 Å². The lowest BCUT2D eigenvalue weighted by Crippen LogP contribution is -2.26. The van der Waals surface area contributed by atoms with Crippen LogP contribution in [0.15, 0.2) is 50.2 Å². The van der Waals surface area contributed by atoms with E-state index in [0.717, 1.165) is 18.2 Å². The largest absolute Gasteiger partial charge is 0.459 e. The summed E-state index contributed by atoms with van der Waals surface area (Å²) in [6.07, 6.45) is 1.36. The minimum absolute atomic E-state index is 0.107. The maximum atomic E-state index is 13.4. The highest BCUT2D eigenvalue weighted by molar-refractivity contribution is 5.90. The van der Waals surface area contributed by atoms with Gasteiger partial charge in [0, 0.05) is 0 Å². The average Bonchev–Trinajstić information content (AvgIpc) is 3.14.